The predicted octanol–water partition coefficient (Wildman–Crippen LogP) is 5.58. The van der Waals surface area contributed by atoms with E-state index in [1.165, 1.54) is 16.9 Å². The lowest BCUT2D eigenvalue weighted by atomic mass is 9.87. The highest BCUT2D eigenvalue weighted by Crippen LogP contribution is 2.45. The van der Waals surface area contributed by atoms with Crippen LogP contribution in [0.15, 0.2) is 24.3 Å². The maximum absolute atomic E-state index is 12.4. The lowest BCUT2D eigenvalue weighted by Crippen LogP contribution is -2.28. The van der Waals surface area contributed by atoms with Gasteiger partial charge in [0.15, 0.2) is 6.10 Å². The number of aryl methyl sites for hydroxylation is 3. The SMILES string of the molecule is Cc1nc2sc3c(c2c(-c2cccc(CO)c2)c1C(OC(C)(C)C)C(=O)O)CCCC3. The Hall–Kier alpha value is -2.28. The number of hydrogen-bond donors (Lipinski definition) is 2. The van der Waals surface area contributed by atoms with Crippen LogP contribution in [0.1, 0.15) is 67.0 Å². The molecule has 0 amide bonds. The van der Waals surface area contributed by atoms with E-state index < -0.39 is 17.7 Å². The molecule has 1 aliphatic rings. The molecule has 1 unspecified atom stereocenters. The molecule has 5 nitrogen and oxygen atoms in total. The minimum absolute atomic E-state index is 0.0705. The number of pyridine rings is 1. The summed E-state index contributed by atoms with van der Waals surface area (Å²) in [5.41, 5.74) is 4.51. The van der Waals surface area contributed by atoms with Crippen LogP contribution < -0.4 is 0 Å². The van der Waals surface area contributed by atoms with Gasteiger partial charge in [0.05, 0.1) is 12.2 Å². The fourth-order valence-corrected chi connectivity index (χ4v) is 5.77. The Morgan fingerprint density at radius 1 is 1.26 bits per heavy atom. The quantitative estimate of drug-likeness (QED) is 0.542. The summed E-state index contributed by atoms with van der Waals surface area (Å²) >= 11 is 1.73. The van der Waals surface area contributed by atoms with E-state index in [4.69, 9.17) is 9.72 Å². The Morgan fingerprint density at radius 2 is 2.00 bits per heavy atom. The number of benzene rings is 1. The van der Waals surface area contributed by atoms with Gasteiger partial charge in [0.1, 0.15) is 4.83 Å². The number of aliphatic carboxylic acids is 1. The van der Waals surface area contributed by atoms with Gasteiger partial charge in [-0.1, -0.05) is 18.2 Å². The first kappa shape index (κ1) is 21.9. The van der Waals surface area contributed by atoms with E-state index in [0.717, 1.165) is 46.2 Å². The minimum Gasteiger partial charge on any atom is -0.479 e. The fourth-order valence-electron chi connectivity index (χ4n) is 4.45. The standard InChI is InChI=1S/C25H29NO4S/c1-14-19(22(24(28)29)30-25(2,3)4)20(16-9-7-8-15(12-16)13-27)21-17-10-5-6-11-18(17)31-23(21)26-14/h7-9,12,22,27H,5-6,10-11,13H2,1-4H3,(H,28,29). The molecule has 1 atom stereocenters. The normalized spacial score (nSPS) is 15.1. The molecule has 6 heteroatoms. The Bertz CT molecular complexity index is 1140. The van der Waals surface area contributed by atoms with E-state index in [1.54, 1.807) is 11.3 Å². The Balaban J connectivity index is 2.09. The van der Waals surface area contributed by atoms with Gasteiger partial charge < -0.3 is 14.9 Å². The van der Waals surface area contributed by atoms with Crippen molar-refractivity contribution in [2.45, 2.75) is 71.7 Å². The number of carbonyl (C=O) groups is 1. The van der Waals surface area contributed by atoms with E-state index in [1.807, 2.05) is 52.0 Å². The van der Waals surface area contributed by atoms with E-state index in [2.05, 4.69) is 0 Å². The van der Waals surface area contributed by atoms with Crippen molar-refractivity contribution in [2.75, 3.05) is 0 Å². The van der Waals surface area contributed by atoms with E-state index in [-0.39, 0.29) is 6.61 Å². The molecule has 31 heavy (non-hydrogen) atoms. The minimum atomic E-state index is -1.14. The lowest BCUT2D eigenvalue weighted by Gasteiger charge is -2.28. The molecule has 2 heterocycles. The first-order chi connectivity index (χ1) is 14.7. The van der Waals surface area contributed by atoms with Crippen molar-refractivity contribution in [2.24, 2.45) is 0 Å². The van der Waals surface area contributed by atoms with Gasteiger partial charge in [-0.25, -0.2) is 9.78 Å². The van der Waals surface area contributed by atoms with Crippen LogP contribution in [0, 0.1) is 6.92 Å². The van der Waals surface area contributed by atoms with Gasteiger partial charge >= 0.3 is 5.97 Å². The summed E-state index contributed by atoms with van der Waals surface area (Å²) in [5, 5.41) is 20.9. The zero-order valence-electron chi connectivity index (χ0n) is 18.5. The average molecular weight is 440 g/mol. The van der Waals surface area contributed by atoms with Crippen LogP contribution >= 0.6 is 11.3 Å². The second kappa shape index (κ2) is 8.34. The summed E-state index contributed by atoms with van der Waals surface area (Å²) in [6, 6.07) is 7.71. The summed E-state index contributed by atoms with van der Waals surface area (Å²) in [7, 11) is 0. The molecule has 3 aromatic rings. The van der Waals surface area contributed by atoms with E-state index in [9.17, 15) is 15.0 Å². The number of hydrogen-bond acceptors (Lipinski definition) is 5. The monoisotopic (exact) mass is 439 g/mol. The third-order valence-corrected chi connectivity index (χ3v) is 6.87. The molecule has 2 aromatic heterocycles. The van der Waals surface area contributed by atoms with Gasteiger partial charge in [0.25, 0.3) is 0 Å². The van der Waals surface area contributed by atoms with Gasteiger partial charge in [-0.05, 0) is 76.1 Å². The highest BCUT2D eigenvalue weighted by Gasteiger charge is 2.33. The number of aliphatic hydroxyl groups excluding tert-OH is 1. The van der Waals surface area contributed by atoms with Crippen LogP contribution in [0.25, 0.3) is 21.3 Å². The van der Waals surface area contributed by atoms with Gasteiger partial charge in [0.2, 0.25) is 0 Å². The third-order valence-electron chi connectivity index (χ3n) is 5.69. The van der Waals surface area contributed by atoms with E-state index >= 15 is 0 Å². The highest BCUT2D eigenvalue weighted by atomic mass is 32.1. The molecule has 0 fully saturated rings. The molecule has 164 valence electrons. The number of aliphatic hydroxyl groups is 1. The van der Waals surface area contributed by atoms with Crippen molar-refractivity contribution in [3.63, 3.8) is 0 Å². The predicted molar refractivity (Wildman–Crippen MR) is 124 cm³/mol. The molecule has 0 radical (unpaired) electrons. The Labute approximate surface area is 186 Å². The first-order valence-electron chi connectivity index (χ1n) is 10.7. The average Bonchev–Trinajstić information content (AvgIpc) is 3.08. The van der Waals surface area contributed by atoms with E-state index in [0.29, 0.717) is 11.3 Å². The first-order valence-corrected chi connectivity index (χ1v) is 11.6. The molecular formula is C25H29NO4S. The van der Waals surface area contributed by atoms with Crippen LogP contribution in [0.3, 0.4) is 0 Å². The second-order valence-corrected chi connectivity index (χ2v) is 10.3. The number of carboxylic acid groups (broad SMARTS) is 1. The van der Waals surface area contributed by atoms with Crippen molar-refractivity contribution < 1.29 is 19.7 Å². The molecule has 0 bridgehead atoms. The van der Waals surface area contributed by atoms with Gasteiger partial charge in [0, 0.05) is 27.1 Å². The molecule has 0 saturated carbocycles. The number of ether oxygens (including phenoxy) is 1. The second-order valence-electron chi connectivity index (χ2n) is 9.18. The van der Waals surface area contributed by atoms with Gasteiger partial charge in [-0.2, -0.15) is 0 Å². The lowest BCUT2D eigenvalue weighted by molar-refractivity contribution is -0.160. The summed E-state index contributed by atoms with van der Waals surface area (Å²) < 4.78 is 6.07. The number of fused-ring (bicyclic) bond motifs is 3. The van der Waals surface area contributed by atoms with Crippen LogP contribution in [-0.4, -0.2) is 26.8 Å². The number of rotatable bonds is 5. The van der Waals surface area contributed by atoms with Gasteiger partial charge in [-0.3, -0.25) is 0 Å². The molecule has 0 aliphatic heterocycles. The Kier molecular flexibility index (Phi) is 5.90. The van der Waals surface area contributed by atoms with Crippen molar-refractivity contribution in [1.29, 1.82) is 0 Å². The number of thiophene rings is 1. The summed E-state index contributed by atoms with van der Waals surface area (Å²) in [6.07, 6.45) is 3.18. The van der Waals surface area contributed by atoms with Gasteiger partial charge in [-0.15, -0.1) is 11.3 Å². The summed E-state index contributed by atoms with van der Waals surface area (Å²) in [4.78, 5) is 19.6. The van der Waals surface area contributed by atoms with Crippen molar-refractivity contribution in [3.05, 3.63) is 51.5 Å². The maximum atomic E-state index is 12.4. The molecular weight excluding hydrogens is 410 g/mol. The fraction of sp³-hybridized carbons (Fsp3) is 0.440. The summed E-state index contributed by atoms with van der Waals surface area (Å²) in [6.45, 7) is 7.39. The topological polar surface area (TPSA) is 79.7 Å². The maximum Gasteiger partial charge on any atom is 0.337 e. The molecule has 2 N–H and O–H groups in total. The zero-order valence-corrected chi connectivity index (χ0v) is 19.3. The van der Waals surface area contributed by atoms with Crippen LogP contribution in [0.5, 0.6) is 0 Å². The van der Waals surface area contributed by atoms with Crippen LogP contribution in [0.2, 0.25) is 0 Å². The number of carboxylic acids is 1. The van der Waals surface area contributed by atoms with Crippen molar-refractivity contribution >= 4 is 27.5 Å². The molecule has 0 spiro atoms. The summed E-state index contributed by atoms with van der Waals surface area (Å²) in [5.74, 6) is -1.03. The smallest absolute Gasteiger partial charge is 0.337 e. The molecule has 0 saturated heterocycles. The largest absolute Gasteiger partial charge is 0.479 e. The van der Waals surface area contributed by atoms with Crippen molar-refractivity contribution in [1.82, 2.24) is 4.98 Å². The molecule has 1 aliphatic carbocycles. The van der Waals surface area contributed by atoms with Crippen LogP contribution in [-0.2, 0) is 29.0 Å². The Morgan fingerprint density at radius 3 is 2.68 bits per heavy atom. The number of nitrogens with zero attached hydrogens (tertiary/aromatic N) is 1. The number of aromatic nitrogens is 1. The molecule has 1 aromatic carbocycles. The zero-order chi connectivity index (χ0) is 22.3. The third kappa shape index (κ3) is 4.25. The van der Waals surface area contributed by atoms with Crippen LogP contribution in [0.4, 0.5) is 0 Å². The highest BCUT2D eigenvalue weighted by molar-refractivity contribution is 7.19. The molecule has 4 rings (SSSR count). The van der Waals surface area contributed by atoms with Crippen molar-refractivity contribution in [3.8, 4) is 11.1 Å².